The van der Waals surface area contributed by atoms with Gasteiger partial charge in [-0.3, -0.25) is 4.79 Å². The van der Waals surface area contributed by atoms with Gasteiger partial charge in [0.1, 0.15) is 6.04 Å². The fraction of sp³-hybridized carbons (Fsp3) is 0.632. The van der Waals surface area contributed by atoms with Crippen molar-refractivity contribution < 1.29 is 21.6 Å². The topological polar surface area (TPSA) is 104 Å². The molecule has 1 amide bonds. The Morgan fingerprint density at radius 3 is 2.31 bits per heavy atom. The first-order chi connectivity index (χ1) is 13.6. The van der Waals surface area contributed by atoms with Crippen molar-refractivity contribution in [2.45, 2.75) is 50.0 Å². The van der Waals surface area contributed by atoms with Gasteiger partial charge in [0.2, 0.25) is 26.0 Å². The Morgan fingerprint density at radius 1 is 1.00 bits per heavy atom. The lowest BCUT2D eigenvalue weighted by Gasteiger charge is -2.32. The molecule has 0 radical (unpaired) electrons. The van der Waals surface area contributed by atoms with E-state index in [1.165, 1.54) is 20.7 Å². The second-order valence-electron chi connectivity index (χ2n) is 8.01. The van der Waals surface area contributed by atoms with Crippen molar-refractivity contribution in [3.05, 3.63) is 24.3 Å². The molecule has 2 fully saturated rings. The lowest BCUT2D eigenvalue weighted by Crippen LogP contribution is -2.49. The highest BCUT2D eigenvalue weighted by Gasteiger charge is 2.34. The first kappa shape index (κ1) is 22.2. The summed E-state index contributed by atoms with van der Waals surface area (Å²) in [6.07, 6.45) is 4.99. The van der Waals surface area contributed by atoms with E-state index in [0.717, 1.165) is 31.9 Å². The highest BCUT2D eigenvalue weighted by atomic mass is 32.2. The van der Waals surface area contributed by atoms with Crippen LogP contribution in [-0.4, -0.2) is 63.3 Å². The first-order valence-electron chi connectivity index (χ1n) is 9.97. The van der Waals surface area contributed by atoms with Gasteiger partial charge < -0.3 is 5.32 Å². The quantitative estimate of drug-likeness (QED) is 0.748. The molecule has 2 atom stereocenters. The molecule has 2 aliphatic heterocycles. The standard InChI is InChI=1S/C19H29N3O5S2/c1-15-6-5-12-21(14-15)29(26,27)17-10-8-16(9-11-17)20-19(23)18-7-3-4-13-22(18)28(2,24)25/h8-11,15,18H,3-7,12-14H2,1-2H3,(H,20,23). The third-order valence-corrected chi connectivity index (χ3v) is 8.73. The second-order valence-corrected chi connectivity index (χ2v) is 11.9. The minimum absolute atomic E-state index is 0.194. The van der Waals surface area contributed by atoms with Crippen LogP contribution in [0.15, 0.2) is 29.2 Å². The number of hydrogen-bond acceptors (Lipinski definition) is 5. The molecule has 0 aliphatic carbocycles. The average molecular weight is 444 g/mol. The summed E-state index contributed by atoms with van der Waals surface area (Å²) in [4.78, 5) is 12.8. The molecule has 0 saturated carbocycles. The van der Waals surface area contributed by atoms with Crippen molar-refractivity contribution in [2.24, 2.45) is 5.92 Å². The van der Waals surface area contributed by atoms with Crippen LogP contribution in [0.25, 0.3) is 0 Å². The van der Waals surface area contributed by atoms with Crippen molar-refractivity contribution in [3.8, 4) is 0 Å². The maximum atomic E-state index is 12.8. The number of amides is 1. The van der Waals surface area contributed by atoms with Crippen LogP contribution in [0.4, 0.5) is 5.69 Å². The van der Waals surface area contributed by atoms with Crippen LogP contribution >= 0.6 is 0 Å². The fourth-order valence-corrected chi connectivity index (χ4v) is 6.74. The van der Waals surface area contributed by atoms with Crippen LogP contribution in [0.1, 0.15) is 39.0 Å². The summed E-state index contributed by atoms with van der Waals surface area (Å²) >= 11 is 0. The van der Waals surface area contributed by atoms with E-state index in [1.54, 1.807) is 12.1 Å². The number of anilines is 1. The summed E-state index contributed by atoms with van der Waals surface area (Å²) in [6.45, 7) is 3.42. The molecule has 0 spiro atoms. The molecule has 3 rings (SSSR count). The van der Waals surface area contributed by atoms with E-state index in [0.29, 0.717) is 37.7 Å². The number of nitrogens with one attached hydrogen (secondary N) is 1. The average Bonchev–Trinajstić information content (AvgIpc) is 2.68. The molecule has 162 valence electrons. The Balaban J connectivity index is 1.71. The minimum atomic E-state index is -3.56. The van der Waals surface area contributed by atoms with E-state index < -0.39 is 32.0 Å². The summed E-state index contributed by atoms with van der Waals surface area (Å²) in [5, 5.41) is 2.73. The van der Waals surface area contributed by atoms with Crippen LogP contribution in [0.3, 0.4) is 0 Å². The zero-order valence-corrected chi connectivity index (χ0v) is 18.5. The van der Waals surface area contributed by atoms with Crippen molar-refractivity contribution >= 4 is 31.6 Å². The number of sulfonamides is 2. The van der Waals surface area contributed by atoms with Gasteiger partial charge in [0, 0.05) is 25.3 Å². The van der Waals surface area contributed by atoms with Gasteiger partial charge in [0.25, 0.3) is 0 Å². The highest BCUT2D eigenvalue weighted by molar-refractivity contribution is 7.89. The maximum absolute atomic E-state index is 12.8. The fourth-order valence-electron chi connectivity index (χ4n) is 4.01. The van der Waals surface area contributed by atoms with Crippen LogP contribution in [0.2, 0.25) is 0 Å². The largest absolute Gasteiger partial charge is 0.325 e. The monoisotopic (exact) mass is 443 g/mol. The van der Waals surface area contributed by atoms with Gasteiger partial charge in [0.15, 0.2) is 0 Å². The molecule has 2 unspecified atom stereocenters. The van der Waals surface area contributed by atoms with Crippen molar-refractivity contribution in [2.75, 3.05) is 31.2 Å². The number of hydrogen-bond donors (Lipinski definition) is 1. The van der Waals surface area contributed by atoms with E-state index in [2.05, 4.69) is 5.32 Å². The molecular formula is C19H29N3O5S2. The Kier molecular flexibility index (Phi) is 6.67. The van der Waals surface area contributed by atoms with Crippen LogP contribution in [0.5, 0.6) is 0 Å². The molecule has 2 aliphatic rings. The van der Waals surface area contributed by atoms with Gasteiger partial charge in [-0.15, -0.1) is 0 Å². The molecular weight excluding hydrogens is 414 g/mol. The summed E-state index contributed by atoms with van der Waals surface area (Å²) in [5.41, 5.74) is 0.444. The molecule has 2 saturated heterocycles. The van der Waals surface area contributed by atoms with E-state index in [9.17, 15) is 21.6 Å². The minimum Gasteiger partial charge on any atom is -0.325 e. The second kappa shape index (κ2) is 8.71. The first-order valence-corrected chi connectivity index (χ1v) is 13.3. The van der Waals surface area contributed by atoms with Crippen molar-refractivity contribution in [1.29, 1.82) is 0 Å². The van der Waals surface area contributed by atoms with Gasteiger partial charge in [-0.25, -0.2) is 16.8 Å². The van der Waals surface area contributed by atoms with Gasteiger partial charge in [-0.05, 0) is 55.9 Å². The molecule has 29 heavy (non-hydrogen) atoms. The smallest absolute Gasteiger partial charge is 0.243 e. The van der Waals surface area contributed by atoms with Gasteiger partial charge in [0.05, 0.1) is 11.2 Å². The number of nitrogens with zero attached hydrogens (tertiary/aromatic N) is 2. The van der Waals surface area contributed by atoms with Gasteiger partial charge in [-0.2, -0.15) is 8.61 Å². The van der Waals surface area contributed by atoms with Gasteiger partial charge >= 0.3 is 0 Å². The molecule has 10 heteroatoms. The Hall–Kier alpha value is -1.49. The molecule has 0 aromatic heterocycles. The Morgan fingerprint density at radius 2 is 1.69 bits per heavy atom. The van der Waals surface area contributed by atoms with Crippen LogP contribution < -0.4 is 5.32 Å². The zero-order chi connectivity index (χ0) is 21.2. The van der Waals surface area contributed by atoms with E-state index in [4.69, 9.17) is 0 Å². The Labute approximate surface area is 173 Å². The number of carbonyl (C=O) groups is 1. The number of benzene rings is 1. The highest BCUT2D eigenvalue weighted by Crippen LogP contribution is 2.25. The third-order valence-electron chi connectivity index (χ3n) is 5.56. The number of piperidine rings is 2. The molecule has 8 nitrogen and oxygen atoms in total. The van der Waals surface area contributed by atoms with Crippen LogP contribution in [-0.2, 0) is 24.8 Å². The number of carbonyl (C=O) groups excluding carboxylic acids is 1. The molecule has 2 heterocycles. The van der Waals surface area contributed by atoms with E-state index >= 15 is 0 Å². The van der Waals surface area contributed by atoms with Crippen molar-refractivity contribution in [3.63, 3.8) is 0 Å². The molecule has 1 aromatic carbocycles. The molecule has 1 aromatic rings. The lowest BCUT2D eigenvalue weighted by molar-refractivity contribution is -0.120. The SMILES string of the molecule is CC1CCCN(S(=O)(=O)c2ccc(NC(=O)C3CCCCN3S(C)(=O)=O)cc2)C1. The zero-order valence-electron chi connectivity index (χ0n) is 16.9. The lowest BCUT2D eigenvalue weighted by atomic mass is 10.0. The van der Waals surface area contributed by atoms with E-state index in [1.807, 2.05) is 6.92 Å². The Bertz CT molecular complexity index is 945. The summed E-state index contributed by atoms with van der Waals surface area (Å²) in [7, 11) is -7.02. The predicted octanol–water partition coefficient (Wildman–Crippen LogP) is 1.86. The summed E-state index contributed by atoms with van der Waals surface area (Å²) in [5.74, 6) is -0.0547. The molecule has 1 N–H and O–H groups in total. The number of rotatable bonds is 5. The predicted molar refractivity (Wildman–Crippen MR) is 111 cm³/mol. The third kappa shape index (κ3) is 5.17. The summed E-state index contributed by atoms with van der Waals surface area (Å²) in [6, 6.07) is 5.33. The normalized spacial score (nSPS) is 24.9. The molecule has 0 bridgehead atoms. The maximum Gasteiger partial charge on any atom is 0.243 e. The van der Waals surface area contributed by atoms with Crippen LogP contribution in [0, 0.1) is 5.92 Å². The van der Waals surface area contributed by atoms with E-state index in [-0.39, 0.29) is 4.90 Å². The summed E-state index contributed by atoms with van der Waals surface area (Å²) < 4.78 is 52.3. The van der Waals surface area contributed by atoms with Crippen molar-refractivity contribution in [1.82, 2.24) is 8.61 Å². The van der Waals surface area contributed by atoms with Gasteiger partial charge in [-0.1, -0.05) is 13.3 Å².